The van der Waals surface area contributed by atoms with Gasteiger partial charge < -0.3 is 9.73 Å². The van der Waals surface area contributed by atoms with Gasteiger partial charge in [-0.15, -0.1) is 11.3 Å². The fourth-order valence-corrected chi connectivity index (χ4v) is 5.38. The van der Waals surface area contributed by atoms with Gasteiger partial charge in [0.1, 0.15) is 22.3 Å². The molecular formula is C31H22N4O5S. The summed E-state index contributed by atoms with van der Waals surface area (Å²) < 4.78 is 7.56. The summed E-state index contributed by atoms with van der Waals surface area (Å²) in [7, 11) is 0. The van der Waals surface area contributed by atoms with Crippen molar-refractivity contribution in [2.24, 2.45) is 0 Å². The van der Waals surface area contributed by atoms with Crippen LogP contribution in [0.2, 0.25) is 0 Å². The molecule has 0 aliphatic rings. The number of nitro groups is 1. The van der Waals surface area contributed by atoms with E-state index in [0.29, 0.717) is 11.3 Å². The van der Waals surface area contributed by atoms with Crippen LogP contribution in [0.15, 0.2) is 106 Å². The van der Waals surface area contributed by atoms with E-state index in [1.807, 2.05) is 43.3 Å². The van der Waals surface area contributed by atoms with Gasteiger partial charge in [0, 0.05) is 12.1 Å². The topological polar surface area (TPSA) is 131 Å². The first-order valence-corrected chi connectivity index (χ1v) is 13.3. The minimum atomic E-state index is -0.613. The molecule has 0 saturated heterocycles. The molecule has 202 valence electrons. The number of nitriles is 1. The molecule has 1 N–H and O–H groups in total. The second-order valence-electron chi connectivity index (χ2n) is 8.96. The maximum atomic E-state index is 13.7. The van der Waals surface area contributed by atoms with Crippen molar-refractivity contribution in [3.63, 3.8) is 0 Å². The van der Waals surface area contributed by atoms with Crippen LogP contribution in [-0.4, -0.2) is 15.4 Å². The van der Waals surface area contributed by atoms with Crippen LogP contribution >= 0.6 is 11.3 Å². The Morgan fingerprint density at radius 2 is 1.68 bits per heavy atom. The number of aromatic nitrogens is 1. The van der Waals surface area contributed by atoms with Crippen LogP contribution in [-0.2, 0) is 4.79 Å². The Kier molecular flexibility index (Phi) is 7.71. The molecule has 1 atom stereocenters. The summed E-state index contributed by atoms with van der Waals surface area (Å²) in [5.41, 5.74) is 0.887. The van der Waals surface area contributed by atoms with Crippen molar-refractivity contribution in [3.8, 4) is 23.1 Å². The van der Waals surface area contributed by atoms with Crippen LogP contribution in [0.5, 0.6) is 0 Å². The van der Waals surface area contributed by atoms with Gasteiger partial charge >= 0.3 is 0 Å². The smallest absolute Gasteiger partial charge is 0.280 e. The lowest BCUT2D eigenvalue weighted by Gasteiger charge is -2.13. The lowest BCUT2D eigenvalue weighted by atomic mass is 10.1. The van der Waals surface area contributed by atoms with Crippen molar-refractivity contribution in [1.29, 1.82) is 5.26 Å². The van der Waals surface area contributed by atoms with Crippen molar-refractivity contribution in [3.05, 3.63) is 138 Å². The Labute approximate surface area is 237 Å². The highest BCUT2D eigenvalue weighted by molar-refractivity contribution is 7.07. The summed E-state index contributed by atoms with van der Waals surface area (Å²) in [6.07, 6.45) is 1.49. The number of furan rings is 1. The summed E-state index contributed by atoms with van der Waals surface area (Å²) in [5, 5.41) is 24.4. The highest BCUT2D eigenvalue weighted by atomic mass is 32.1. The maximum Gasteiger partial charge on any atom is 0.280 e. The number of carbonyl (C=O) groups excluding carboxylic acids is 1. The van der Waals surface area contributed by atoms with Crippen molar-refractivity contribution >= 4 is 34.6 Å². The highest BCUT2D eigenvalue weighted by Gasteiger charge is 2.20. The molecule has 5 aromatic rings. The van der Waals surface area contributed by atoms with Crippen LogP contribution in [0.3, 0.4) is 0 Å². The third-order valence-electron chi connectivity index (χ3n) is 6.30. The predicted octanol–water partition coefficient (Wildman–Crippen LogP) is 4.45. The summed E-state index contributed by atoms with van der Waals surface area (Å²) in [5.74, 6) is -0.0656. The number of para-hydroxylation sites is 2. The lowest BCUT2D eigenvalue weighted by Crippen LogP contribution is -2.34. The number of nitro benzene ring substituents is 1. The molecule has 9 nitrogen and oxygen atoms in total. The Balaban J connectivity index is 1.63. The van der Waals surface area contributed by atoms with Gasteiger partial charge in [-0.3, -0.25) is 24.3 Å². The molecule has 0 saturated carbocycles. The van der Waals surface area contributed by atoms with E-state index in [-0.39, 0.29) is 38.0 Å². The number of benzene rings is 3. The van der Waals surface area contributed by atoms with Gasteiger partial charge in [-0.2, -0.15) is 5.26 Å². The van der Waals surface area contributed by atoms with Crippen LogP contribution in [0, 0.1) is 21.4 Å². The summed E-state index contributed by atoms with van der Waals surface area (Å²) in [6, 6.07) is 29.0. The molecule has 0 aliphatic heterocycles. The average Bonchev–Trinajstić information content (AvgIpc) is 3.58. The number of nitrogens with zero attached hydrogens (tertiary/aromatic N) is 3. The first-order chi connectivity index (χ1) is 19.9. The standard InChI is InChI=1S/C31H22N4O5S/c1-20(21-10-4-2-5-11-21)33-29(36)25(19-32)31-34(22-12-6-3-7-13-22)30(37)28(41-31)18-23-16-17-27(40-23)24-14-8-9-15-26(24)35(38)39/h2-18,20H,1H3,(H,33,36)/b28-18+,31-25-/t20-/m1/s1. The van der Waals surface area contributed by atoms with Crippen LogP contribution in [0.4, 0.5) is 5.69 Å². The predicted molar refractivity (Wildman–Crippen MR) is 156 cm³/mol. The maximum absolute atomic E-state index is 13.7. The fraction of sp³-hybridized carbons (Fsp3) is 0.0645. The molecule has 3 aromatic carbocycles. The molecule has 5 rings (SSSR count). The summed E-state index contributed by atoms with van der Waals surface area (Å²) >= 11 is 0.979. The van der Waals surface area contributed by atoms with Gasteiger partial charge in [-0.1, -0.05) is 60.7 Å². The van der Waals surface area contributed by atoms with E-state index in [4.69, 9.17) is 4.42 Å². The molecule has 1 amide bonds. The van der Waals surface area contributed by atoms with Gasteiger partial charge in [-0.25, -0.2) is 0 Å². The molecule has 2 aromatic heterocycles. The Morgan fingerprint density at radius 1 is 1.02 bits per heavy atom. The molecule has 10 heteroatoms. The minimum absolute atomic E-state index is 0.109. The van der Waals surface area contributed by atoms with Crippen LogP contribution < -0.4 is 20.1 Å². The molecule has 0 radical (unpaired) electrons. The summed E-state index contributed by atoms with van der Waals surface area (Å²) in [6.45, 7) is 1.81. The molecule has 0 bridgehead atoms. The van der Waals surface area contributed by atoms with Crippen molar-refractivity contribution in [1.82, 2.24) is 9.88 Å². The van der Waals surface area contributed by atoms with E-state index in [9.17, 15) is 25.0 Å². The second-order valence-corrected chi connectivity index (χ2v) is 9.99. The zero-order valence-electron chi connectivity index (χ0n) is 21.7. The second kappa shape index (κ2) is 11.7. The zero-order valence-corrected chi connectivity index (χ0v) is 22.5. The van der Waals surface area contributed by atoms with E-state index in [2.05, 4.69) is 5.32 Å². The molecule has 0 aliphatic carbocycles. The Morgan fingerprint density at radius 3 is 2.37 bits per heavy atom. The monoisotopic (exact) mass is 562 g/mol. The van der Waals surface area contributed by atoms with Crippen molar-refractivity contribution in [2.45, 2.75) is 13.0 Å². The van der Waals surface area contributed by atoms with Crippen molar-refractivity contribution < 1.29 is 14.1 Å². The van der Waals surface area contributed by atoms with Gasteiger partial charge in [-0.05, 0) is 42.8 Å². The van der Waals surface area contributed by atoms with Crippen LogP contribution in [0.1, 0.15) is 24.3 Å². The number of nitrogens with one attached hydrogen (secondary N) is 1. The molecule has 0 unspecified atom stereocenters. The molecule has 0 spiro atoms. The van der Waals surface area contributed by atoms with E-state index >= 15 is 0 Å². The van der Waals surface area contributed by atoms with Gasteiger partial charge in [0.15, 0.2) is 5.57 Å². The Bertz CT molecular complexity index is 1970. The molecular weight excluding hydrogens is 540 g/mol. The number of rotatable bonds is 7. The number of hydrogen-bond donors (Lipinski definition) is 1. The third kappa shape index (κ3) is 5.61. The fourth-order valence-electron chi connectivity index (χ4n) is 4.30. The molecule has 0 fully saturated rings. The molecule has 41 heavy (non-hydrogen) atoms. The largest absolute Gasteiger partial charge is 0.456 e. The normalized spacial score (nSPS) is 12.8. The van der Waals surface area contributed by atoms with Gasteiger partial charge in [0.25, 0.3) is 17.2 Å². The molecule has 2 heterocycles. The third-order valence-corrected chi connectivity index (χ3v) is 7.40. The van der Waals surface area contributed by atoms with Crippen LogP contribution in [0.25, 0.3) is 28.7 Å². The van der Waals surface area contributed by atoms with E-state index < -0.39 is 16.4 Å². The van der Waals surface area contributed by atoms with Crippen molar-refractivity contribution in [2.75, 3.05) is 0 Å². The SMILES string of the molecule is C[C@@H](NC(=O)/C(C#N)=c1\s/c(=C/c2ccc(-c3ccccc3[N+](=O)[O-])o2)c(=O)n1-c1ccccc1)c1ccccc1. The summed E-state index contributed by atoms with van der Waals surface area (Å²) in [4.78, 5) is 37.9. The number of thiazole rings is 1. The zero-order chi connectivity index (χ0) is 28.9. The number of carbonyl (C=O) groups is 1. The van der Waals surface area contributed by atoms with Gasteiger partial charge in [0.2, 0.25) is 0 Å². The number of hydrogen-bond acceptors (Lipinski definition) is 7. The average molecular weight is 563 g/mol. The highest BCUT2D eigenvalue weighted by Crippen LogP contribution is 2.31. The quantitative estimate of drug-likeness (QED) is 0.230. The van der Waals surface area contributed by atoms with Gasteiger partial charge in [0.05, 0.1) is 26.7 Å². The van der Waals surface area contributed by atoms with E-state index in [1.165, 1.54) is 16.7 Å². The first kappa shape index (κ1) is 27.1. The van der Waals surface area contributed by atoms with E-state index in [0.717, 1.165) is 16.9 Å². The number of amides is 1. The minimum Gasteiger partial charge on any atom is -0.456 e. The lowest BCUT2D eigenvalue weighted by molar-refractivity contribution is -0.384. The van der Waals surface area contributed by atoms with E-state index in [1.54, 1.807) is 60.7 Å². The first-order valence-electron chi connectivity index (χ1n) is 12.5. The Hall–Kier alpha value is -5.53.